The number of carbonyl (C=O) groups is 3. The maximum atomic E-state index is 13.0. The van der Waals surface area contributed by atoms with Gasteiger partial charge >= 0.3 is 6.03 Å². The van der Waals surface area contributed by atoms with Crippen LogP contribution < -0.4 is 15.5 Å². The lowest BCUT2D eigenvalue weighted by atomic mass is 10.1. The number of imide groups is 1. The maximum Gasteiger partial charge on any atom is 0.324 e. The Morgan fingerprint density at radius 3 is 2.20 bits per heavy atom. The van der Waals surface area contributed by atoms with Gasteiger partial charge in [0.15, 0.2) is 0 Å². The fourth-order valence-electron chi connectivity index (χ4n) is 3.31. The van der Waals surface area contributed by atoms with Crippen molar-refractivity contribution in [3.63, 3.8) is 0 Å². The number of ether oxygens (including phenoxy) is 1. The maximum absolute atomic E-state index is 13.0. The number of carbonyl (C=O) groups excluding carboxylic acids is 3. The molecule has 3 N–H and O–H groups in total. The van der Waals surface area contributed by atoms with Gasteiger partial charge in [-0.15, -0.1) is 0 Å². The Bertz CT molecular complexity index is 1160. The fraction of sp³-hybridized carbons (Fsp3) is 0.148. The molecule has 0 aromatic heterocycles. The zero-order valence-corrected chi connectivity index (χ0v) is 19.3. The summed E-state index contributed by atoms with van der Waals surface area (Å²) in [5, 5.41) is 11.0. The Balaban J connectivity index is 1.71. The van der Waals surface area contributed by atoms with E-state index in [1.807, 2.05) is 36.4 Å². The summed E-state index contributed by atoms with van der Waals surface area (Å²) < 4.78 is 5.19. The summed E-state index contributed by atoms with van der Waals surface area (Å²) in [7, 11) is 1.60. The minimum atomic E-state index is -0.626. The molecule has 0 radical (unpaired) electrons. The van der Waals surface area contributed by atoms with Crippen molar-refractivity contribution >= 4 is 23.9 Å². The smallest absolute Gasteiger partial charge is 0.324 e. The van der Waals surface area contributed by atoms with Gasteiger partial charge in [-0.05, 0) is 53.5 Å². The van der Waals surface area contributed by atoms with E-state index >= 15 is 0 Å². The number of urea groups is 1. The molecule has 0 heterocycles. The second-order valence-electron chi connectivity index (χ2n) is 7.70. The first kappa shape index (κ1) is 25.2. The van der Waals surface area contributed by atoms with Gasteiger partial charge in [0.2, 0.25) is 0 Å². The molecule has 0 aliphatic heterocycles. The highest BCUT2D eigenvalue weighted by Gasteiger charge is 2.18. The molecular formula is C27H27N3O5. The van der Waals surface area contributed by atoms with E-state index in [1.54, 1.807) is 60.6 Å². The number of nitrogens with zero attached hydrogens (tertiary/aromatic N) is 1. The van der Waals surface area contributed by atoms with Crippen LogP contribution >= 0.6 is 0 Å². The van der Waals surface area contributed by atoms with E-state index < -0.39 is 17.8 Å². The second-order valence-corrected chi connectivity index (χ2v) is 7.70. The molecule has 3 aromatic rings. The standard InChI is InChI=1S/C27H27N3O5/c1-35-24-14-11-21(12-15-24)17-18-30(27(33)28-26(32)23-5-3-2-4-6-23)19-22-9-7-20(8-10-22)13-16-25(31)29-34/h2-16,34H,17-19H2,1H3,(H,29,31)(H,28,32,33)/b16-13+. The van der Waals surface area contributed by atoms with Crippen LogP contribution in [-0.2, 0) is 17.8 Å². The first-order valence-corrected chi connectivity index (χ1v) is 11.0. The zero-order chi connectivity index (χ0) is 25.0. The number of rotatable bonds is 9. The molecule has 0 saturated carbocycles. The number of nitrogens with one attached hydrogen (secondary N) is 2. The van der Waals surface area contributed by atoms with Gasteiger partial charge in [0.05, 0.1) is 7.11 Å². The summed E-state index contributed by atoms with van der Waals surface area (Å²) in [6, 6.07) is 22.9. The Kier molecular flexibility index (Phi) is 9.15. The minimum absolute atomic E-state index is 0.283. The van der Waals surface area contributed by atoms with Crippen LogP contribution in [0, 0.1) is 0 Å². The molecular weight excluding hydrogens is 446 g/mol. The van der Waals surface area contributed by atoms with Gasteiger partial charge in [0.1, 0.15) is 5.75 Å². The van der Waals surface area contributed by atoms with Crippen LogP contribution in [0.1, 0.15) is 27.0 Å². The van der Waals surface area contributed by atoms with E-state index in [-0.39, 0.29) is 6.54 Å². The summed E-state index contributed by atoms with van der Waals surface area (Å²) in [5.74, 6) is -0.339. The van der Waals surface area contributed by atoms with Crippen LogP contribution in [0.25, 0.3) is 6.08 Å². The van der Waals surface area contributed by atoms with Crippen molar-refractivity contribution in [2.24, 2.45) is 0 Å². The van der Waals surface area contributed by atoms with Gasteiger partial charge in [-0.3, -0.25) is 20.1 Å². The molecule has 35 heavy (non-hydrogen) atoms. The molecule has 8 nitrogen and oxygen atoms in total. The lowest BCUT2D eigenvalue weighted by molar-refractivity contribution is -0.124. The quantitative estimate of drug-likeness (QED) is 0.249. The third-order valence-electron chi connectivity index (χ3n) is 5.26. The molecule has 180 valence electrons. The first-order valence-electron chi connectivity index (χ1n) is 11.0. The van der Waals surface area contributed by atoms with Gasteiger partial charge in [-0.1, -0.05) is 54.6 Å². The number of hydrogen-bond acceptors (Lipinski definition) is 5. The van der Waals surface area contributed by atoms with Gasteiger partial charge in [-0.25, -0.2) is 10.3 Å². The molecule has 3 aromatic carbocycles. The summed E-state index contributed by atoms with van der Waals surface area (Å²) in [6.45, 7) is 0.670. The zero-order valence-electron chi connectivity index (χ0n) is 19.3. The average Bonchev–Trinajstić information content (AvgIpc) is 2.91. The number of benzene rings is 3. The normalized spacial score (nSPS) is 10.6. The molecule has 0 saturated heterocycles. The highest BCUT2D eigenvalue weighted by atomic mass is 16.5. The SMILES string of the molecule is COc1ccc(CCN(Cc2ccc(/C=C/C(=O)NO)cc2)C(=O)NC(=O)c2ccccc2)cc1. The lowest BCUT2D eigenvalue weighted by Gasteiger charge is -2.23. The van der Waals surface area contributed by atoms with Crippen LogP contribution in [0.15, 0.2) is 84.9 Å². The van der Waals surface area contributed by atoms with Gasteiger partial charge in [0.25, 0.3) is 11.8 Å². The summed E-state index contributed by atoms with van der Waals surface area (Å²) in [5.41, 5.74) is 4.57. The van der Waals surface area contributed by atoms with Gasteiger partial charge in [0, 0.05) is 24.7 Å². The Labute approximate surface area is 203 Å². The van der Waals surface area contributed by atoms with Gasteiger partial charge in [-0.2, -0.15) is 0 Å². The molecule has 0 bridgehead atoms. The van der Waals surface area contributed by atoms with Crippen LogP contribution in [0.5, 0.6) is 5.75 Å². The lowest BCUT2D eigenvalue weighted by Crippen LogP contribution is -2.43. The predicted molar refractivity (Wildman–Crippen MR) is 132 cm³/mol. The predicted octanol–water partition coefficient (Wildman–Crippen LogP) is 3.81. The van der Waals surface area contributed by atoms with E-state index in [0.717, 1.165) is 22.4 Å². The van der Waals surface area contributed by atoms with Crippen molar-refractivity contribution in [2.45, 2.75) is 13.0 Å². The minimum Gasteiger partial charge on any atom is -0.497 e. The number of hydrogen-bond donors (Lipinski definition) is 3. The van der Waals surface area contributed by atoms with Crippen LogP contribution in [-0.4, -0.2) is 41.6 Å². The van der Waals surface area contributed by atoms with E-state index in [2.05, 4.69) is 5.32 Å². The summed E-state index contributed by atoms with van der Waals surface area (Å²) in [6.07, 6.45) is 3.36. The molecule has 8 heteroatoms. The molecule has 0 aliphatic carbocycles. The molecule has 0 aliphatic rings. The van der Waals surface area contributed by atoms with Crippen LogP contribution in [0.4, 0.5) is 4.79 Å². The molecule has 0 unspecified atom stereocenters. The van der Waals surface area contributed by atoms with E-state index in [0.29, 0.717) is 18.5 Å². The van der Waals surface area contributed by atoms with E-state index in [1.165, 1.54) is 11.6 Å². The highest BCUT2D eigenvalue weighted by Crippen LogP contribution is 2.14. The molecule has 0 fully saturated rings. The van der Waals surface area contributed by atoms with Crippen molar-refractivity contribution < 1.29 is 24.3 Å². The Morgan fingerprint density at radius 1 is 0.914 bits per heavy atom. The third-order valence-corrected chi connectivity index (χ3v) is 5.26. The topological polar surface area (TPSA) is 108 Å². The molecule has 0 atom stereocenters. The van der Waals surface area contributed by atoms with Crippen molar-refractivity contribution in [1.82, 2.24) is 15.7 Å². The van der Waals surface area contributed by atoms with Crippen LogP contribution in [0.2, 0.25) is 0 Å². The largest absolute Gasteiger partial charge is 0.497 e. The van der Waals surface area contributed by atoms with Crippen molar-refractivity contribution in [3.05, 3.63) is 107 Å². The highest BCUT2D eigenvalue weighted by molar-refractivity contribution is 6.04. The molecule has 3 rings (SSSR count). The monoisotopic (exact) mass is 473 g/mol. The van der Waals surface area contributed by atoms with E-state index in [9.17, 15) is 14.4 Å². The number of hydroxylamine groups is 1. The van der Waals surface area contributed by atoms with Crippen molar-refractivity contribution in [2.75, 3.05) is 13.7 Å². The fourth-order valence-corrected chi connectivity index (χ4v) is 3.31. The summed E-state index contributed by atoms with van der Waals surface area (Å²) in [4.78, 5) is 38.3. The number of methoxy groups -OCH3 is 1. The van der Waals surface area contributed by atoms with E-state index in [4.69, 9.17) is 9.94 Å². The Morgan fingerprint density at radius 2 is 1.57 bits per heavy atom. The van der Waals surface area contributed by atoms with Crippen molar-refractivity contribution in [3.8, 4) is 5.75 Å². The van der Waals surface area contributed by atoms with Crippen LogP contribution in [0.3, 0.4) is 0 Å². The summed E-state index contributed by atoms with van der Waals surface area (Å²) >= 11 is 0. The average molecular weight is 474 g/mol. The molecule has 4 amide bonds. The van der Waals surface area contributed by atoms with Crippen molar-refractivity contribution in [1.29, 1.82) is 0 Å². The van der Waals surface area contributed by atoms with Gasteiger partial charge < -0.3 is 9.64 Å². The third kappa shape index (κ3) is 7.83. The first-order chi connectivity index (χ1) is 17.0. The number of amides is 4. The molecule has 0 spiro atoms. The Hall–Kier alpha value is -4.43. The second kappa shape index (κ2) is 12.7.